The van der Waals surface area contributed by atoms with Crippen LogP contribution >= 0.6 is 11.8 Å². The molecule has 3 rings (SSSR count). The van der Waals surface area contributed by atoms with Crippen LogP contribution in [-0.2, 0) is 52.1 Å². The van der Waals surface area contributed by atoms with Gasteiger partial charge in [-0.25, -0.2) is 18.0 Å². The summed E-state index contributed by atoms with van der Waals surface area (Å²) >= 11 is 1.85. The summed E-state index contributed by atoms with van der Waals surface area (Å²) in [4.78, 5) is 22.9. The smallest absolute Gasteiger partial charge is 0.522 e. The highest BCUT2D eigenvalue weighted by molar-refractivity contribution is 7.97. The average Bonchev–Trinajstić information content (AvgIpc) is 3.01. The molecule has 280 valence electrons. The van der Waals surface area contributed by atoms with Crippen LogP contribution in [0.25, 0.3) is 0 Å². The second kappa shape index (κ2) is 21.5. The van der Waals surface area contributed by atoms with Gasteiger partial charge in [-0.2, -0.15) is 46.5 Å². The van der Waals surface area contributed by atoms with Gasteiger partial charge in [0.05, 0.1) is 14.2 Å². The van der Waals surface area contributed by atoms with Crippen molar-refractivity contribution < 1.29 is 80.8 Å². The Morgan fingerprint density at radius 3 is 1.34 bits per heavy atom. The van der Waals surface area contributed by atoms with Gasteiger partial charge in [-0.1, -0.05) is 42.5 Å². The highest BCUT2D eigenvalue weighted by Crippen LogP contribution is 2.22. The van der Waals surface area contributed by atoms with Gasteiger partial charge in [0.2, 0.25) is 0 Å². The van der Waals surface area contributed by atoms with Crippen molar-refractivity contribution in [1.82, 2.24) is 0 Å². The highest BCUT2D eigenvalue weighted by Gasteiger charge is 2.44. The minimum absolute atomic E-state index is 0.227. The number of halogens is 6. The maximum atomic E-state index is 10.9. The van der Waals surface area contributed by atoms with Gasteiger partial charge in [-0.15, -0.1) is 0 Å². The van der Waals surface area contributed by atoms with Gasteiger partial charge in [0, 0.05) is 22.4 Å². The Kier molecular flexibility index (Phi) is 19.9. The molecule has 22 heteroatoms. The van der Waals surface area contributed by atoms with Crippen LogP contribution in [0.4, 0.5) is 35.9 Å². The number of hydrogen-bond acceptors (Lipinski definition) is 12. The minimum Gasteiger partial charge on any atom is -0.741 e. The molecule has 50 heavy (non-hydrogen) atoms. The molecule has 0 aliphatic rings. The Bertz CT molecular complexity index is 1630. The zero-order chi connectivity index (χ0) is 38.8. The monoisotopic (exact) mass is 800 g/mol. The Balaban J connectivity index is 0.000000697. The van der Waals surface area contributed by atoms with Gasteiger partial charge >= 0.3 is 33.4 Å². The fraction of sp³-hybridized carbons (Fsp3) is 0.286. The summed E-state index contributed by atoms with van der Waals surface area (Å²) in [6, 6.07) is 25.2. The number of ether oxygens (including phenoxy) is 4. The van der Waals surface area contributed by atoms with E-state index in [2.05, 4.69) is 46.3 Å². The Labute approximate surface area is 290 Å². The first kappa shape index (κ1) is 46.3. The molecule has 0 aromatic heterocycles. The molecule has 0 aliphatic carbocycles. The van der Waals surface area contributed by atoms with Crippen molar-refractivity contribution >= 4 is 55.2 Å². The van der Waals surface area contributed by atoms with E-state index in [1.54, 1.807) is 24.3 Å². The molecule has 0 saturated heterocycles. The fourth-order valence-electron chi connectivity index (χ4n) is 2.57. The summed E-state index contributed by atoms with van der Waals surface area (Å²) in [5.41, 5.74) is -8.66. The molecule has 0 radical (unpaired) electrons. The average molecular weight is 801 g/mol. The van der Waals surface area contributed by atoms with Crippen molar-refractivity contribution in [3.8, 4) is 11.5 Å². The van der Waals surface area contributed by atoms with E-state index in [-0.39, 0.29) is 10.9 Å². The zero-order valence-corrected chi connectivity index (χ0v) is 29.5. The first-order valence-electron chi connectivity index (χ1n) is 12.9. The van der Waals surface area contributed by atoms with E-state index in [0.29, 0.717) is 11.5 Å². The predicted molar refractivity (Wildman–Crippen MR) is 171 cm³/mol. The van der Waals surface area contributed by atoms with Crippen LogP contribution in [0.2, 0.25) is 0 Å². The molecule has 0 bridgehead atoms. The number of alkyl halides is 6. The lowest BCUT2D eigenvalue weighted by Gasteiger charge is -2.08. The third-order valence-electron chi connectivity index (χ3n) is 4.91. The van der Waals surface area contributed by atoms with E-state index >= 15 is 0 Å². The second-order valence-corrected chi connectivity index (χ2v) is 14.7. The van der Waals surface area contributed by atoms with E-state index in [0.717, 1.165) is 11.5 Å². The van der Waals surface area contributed by atoms with Crippen molar-refractivity contribution in [1.29, 1.82) is 0 Å². The van der Waals surface area contributed by atoms with E-state index in [4.69, 9.17) is 35.4 Å². The number of hydrogen-bond donors (Lipinski definition) is 1. The van der Waals surface area contributed by atoms with Crippen LogP contribution in [-0.4, -0.2) is 76.0 Å². The standard InChI is InChI=1S/C16H16O3S.C10H13O3S.2CHF3O3S/c1-18-16(17)19-15-9-7-14(8-10-15)12-20-11-13-5-3-2-4-6-13;1-12-10(11)13-8-4-6-9(7-5-8)14(2)3;2*2-1(3,4)8(5,6)7/h2-10H,11-12H2,1H3;4-7H,1-3H3;2*(H,5,6,7)/q;+1;;/p-1. The molecule has 0 fully saturated rings. The molecule has 12 nitrogen and oxygen atoms in total. The van der Waals surface area contributed by atoms with Crippen LogP contribution in [0.1, 0.15) is 11.1 Å². The van der Waals surface area contributed by atoms with Gasteiger partial charge in [0.15, 0.2) is 15.0 Å². The summed E-state index contributed by atoms with van der Waals surface area (Å²) in [5, 5.41) is 0. The van der Waals surface area contributed by atoms with Crippen LogP contribution in [0, 0.1) is 0 Å². The molecule has 3 aromatic carbocycles. The molecule has 0 atom stereocenters. The van der Waals surface area contributed by atoms with Gasteiger partial charge < -0.3 is 23.5 Å². The Morgan fingerprint density at radius 2 is 1.04 bits per heavy atom. The van der Waals surface area contributed by atoms with E-state index in [1.165, 1.54) is 30.2 Å². The molecule has 0 aliphatic heterocycles. The zero-order valence-electron chi connectivity index (χ0n) is 26.3. The fourth-order valence-corrected chi connectivity index (χ4v) is 4.21. The second-order valence-electron chi connectivity index (χ2n) is 8.84. The normalized spacial score (nSPS) is 11.3. The highest BCUT2D eigenvalue weighted by atomic mass is 32.2. The van der Waals surface area contributed by atoms with Crippen molar-refractivity contribution in [3.05, 3.63) is 90.0 Å². The van der Waals surface area contributed by atoms with E-state index < -0.39 is 43.6 Å². The molecule has 0 amide bonds. The van der Waals surface area contributed by atoms with E-state index in [1.807, 2.05) is 42.1 Å². The molecule has 0 saturated carbocycles. The van der Waals surface area contributed by atoms with Crippen LogP contribution in [0.15, 0.2) is 83.8 Å². The summed E-state index contributed by atoms with van der Waals surface area (Å²) in [6.07, 6.45) is 2.88. The Hall–Kier alpha value is -3.70. The number of methoxy groups -OCH3 is 2. The minimum atomic E-state index is -6.09. The number of carbonyl (C=O) groups excluding carboxylic acids is 2. The summed E-state index contributed by atoms with van der Waals surface area (Å²) in [5.74, 6) is 2.91. The van der Waals surface area contributed by atoms with Crippen molar-refractivity contribution in [2.75, 3.05) is 26.7 Å². The topological polar surface area (TPSA) is 183 Å². The van der Waals surface area contributed by atoms with Gasteiger partial charge in [0.1, 0.15) is 24.0 Å². The predicted octanol–water partition coefficient (Wildman–Crippen LogP) is 6.78. The maximum absolute atomic E-state index is 10.9. The first-order valence-corrected chi connectivity index (χ1v) is 18.9. The first-order chi connectivity index (χ1) is 22.9. The summed E-state index contributed by atoms with van der Waals surface area (Å²) in [6.45, 7) is 0. The van der Waals surface area contributed by atoms with Crippen molar-refractivity contribution in [2.45, 2.75) is 27.4 Å². The van der Waals surface area contributed by atoms with Crippen molar-refractivity contribution in [2.24, 2.45) is 0 Å². The lowest BCUT2D eigenvalue weighted by molar-refractivity contribution is -0.0519. The lowest BCUT2D eigenvalue weighted by Crippen LogP contribution is -2.21. The van der Waals surface area contributed by atoms with Gasteiger partial charge in [-0.05, 0) is 47.5 Å². The molecule has 3 aromatic rings. The van der Waals surface area contributed by atoms with Crippen LogP contribution in [0.5, 0.6) is 11.5 Å². The third-order valence-corrected chi connectivity index (χ3v) is 8.35. The number of carbonyl (C=O) groups is 2. The van der Waals surface area contributed by atoms with Crippen molar-refractivity contribution in [3.63, 3.8) is 0 Å². The van der Waals surface area contributed by atoms with Crippen LogP contribution in [0.3, 0.4) is 0 Å². The number of benzene rings is 3. The Morgan fingerprint density at radius 1 is 0.700 bits per heavy atom. The van der Waals surface area contributed by atoms with Gasteiger partial charge in [0.25, 0.3) is 0 Å². The SMILES string of the molecule is COC(=O)Oc1ccc(CSCc2ccccc2)cc1.COC(=O)Oc1ccc([S+](C)C)cc1.O=S(=O)(O)C(F)(F)F.O=S(=O)([O-])C(F)(F)F. The number of rotatable bonds is 7. The largest absolute Gasteiger partial charge is 0.741 e. The molecular weight excluding hydrogens is 771 g/mol. The molecule has 0 spiro atoms. The summed E-state index contributed by atoms with van der Waals surface area (Å²) < 4.78 is 135. The number of thioether (sulfide) groups is 1. The molecule has 0 heterocycles. The van der Waals surface area contributed by atoms with Crippen LogP contribution < -0.4 is 9.47 Å². The maximum Gasteiger partial charge on any atom is 0.522 e. The van der Waals surface area contributed by atoms with Gasteiger partial charge in [-0.3, -0.25) is 4.55 Å². The third kappa shape index (κ3) is 20.1. The summed E-state index contributed by atoms with van der Waals surface area (Å²) in [7, 11) is -9.13. The lowest BCUT2D eigenvalue weighted by atomic mass is 10.2. The molecule has 1 N–H and O–H groups in total. The quantitative estimate of drug-likeness (QED) is 0.0660. The van der Waals surface area contributed by atoms with E-state index in [9.17, 15) is 35.9 Å². The molecular formula is C28H30F6O12S4. The molecule has 0 unspecified atom stereocenters.